The van der Waals surface area contributed by atoms with Gasteiger partial charge in [0.1, 0.15) is 0 Å². The highest BCUT2D eigenvalue weighted by molar-refractivity contribution is 6.35. The Morgan fingerprint density at radius 2 is 2.25 bits per heavy atom. The maximum atomic E-state index is 10.5. The van der Waals surface area contributed by atoms with Crippen LogP contribution in [0.5, 0.6) is 0 Å². The Morgan fingerprint density at radius 1 is 1.50 bits per heavy atom. The molecule has 0 saturated heterocycles. The van der Waals surface area contributed by atoms with Crippen LogP contribution in [0.4, 0.5) is 0 Å². The first-order chi connectivity index (χ1) is 7.59. The molecule has 0 amide bonds. The highest BCUT2D eigenvalue weighted by Gasteiger charge is 2.12. The van der Waals surface area contributed by atoms with Crippen LogP contribution in [0.2, 0.25) is 5.02 Å². The van der Waals surface area contributed by atoms with E-state index < -0.39 is 5.97 Å². The summed E-state index contributed by atoms with van der Waals surface area (Å²) in [6.45, 7) is 1.96. The molecule has 16 heavy (non-hydrogen) atoms. The Bertz CT molecular complexity index is 542. The molecule has 0 fully saturated rings. The van der Waals surface area contributed by atoms with Crippen molar-refractivity contribution in [3.05, 3.63) is 34.5 Å². The number of fused-ring (bicyclic) bond motifs is 1. The van der Waals surface area contributed by atoms with Crippen LogP contribution in [0.3, 0.4) is 0 Å². The number of hydrogen-bond acceptors (Lipinski definition) is 2. The molecule has 0 atom stereocenters. The molecule has 0 bridgehead atoms. The zero-order valence-corrected chi connectivity index (χ0v) is 9.54. The van der Waals surface area contributed by atoms with Gasteiger partial charge in [-0.15, -0.1) is 0 Å². The number of carbonyl (C=O) groups is 1. The number of furan rings is 1. The van der Waals surface area contributed by atoms with Crippen molar-refractivity contribution in [3.63, 3.8) is 0 Å². The van der Waals surface area contributed by atoms with Crippen molar-refractivity contribution in [2.45, 2.75) is 19.8 Å². The summed E-state index contributed by atoms with van der Waals surface area (Å²) in [4.78, 5) is 10.5. The lowest BCUT2D eigenvalue weighted by molar-refractivity contribution is -0.136. The van der Waals surface area contributed by atoms with E-state index in [0.29, 0.717) is 17.0 Å². The number of hydrogen-bond donors (Lipinski definition) is 1. The Hall–Kier alpha value is -1.48. The number of rotatable bonds is 3. The second-order valence-electron chi connectivity index (χ2n) is 3.72. The summed E-state index contributed by atoms with van der Waals surface area (Å²) >= 11 is 5.99. The molecule has 4 heteroatoms. The van der Waals surface area contributed by atoms with Gasteiger partial charge in [-0.2, -0.15) is 0 Å². The van der Waals surface area contributed by atoms with Crippen LogP contribution in [0.15, 0.2) is 22.8 Å². The number of carboxylic acid groups (broad SMARTS) is 1. The van der Waals surface area contributed by atoms with E-state index in [1.165, 1.54) is 0 Å². The highest BCUT2D eigenvalue weighted by Crippen LogP contribution is 2.31. The minimum Gasteiger partial charge on any atom is -0.481 e. The van der Waals surface area contributed by atoms with Crippen LogP contribution in [0.25, 0.3) is 11.0 Å². The minimum absolute atomic E-state index is 0.0978. The summed E-state index contributed by atoms with van der Waals surface area (Å²) in [5.41, 5.74) is 2.59. The Labute approximate surface area is 97.6 Å². The topological polar surface area (TPSA) is 50.4 Å². The van der Waals surface area contributed by atoms with Gasteiger partial charge in [-0.1, -0.05) is 17.7 Å². The van der Waals surface area contributed by atoms with Gasteiger partial charge in [-0.3, -0.25) is 4.79 Å². The molecule has 0 aliphatic rings. The number of benzene rings is 1. The van der Waals surface area contributed by atoms with Crippen LogP contribution in [0, 0.1) is 6.92 Å². The fraction of sp³-hybridized carbons (Fsp3) is 0.250. The summed E-state index contributed by atoms with van der Waals surface area (Å²) in [5.74, 6) is -0.811. The molecule has 1 heterocycles. The fourth-order valence-corrected chi connectivity index (χ4v) is 1.99. The fourth-order valence-electron chi connectivity index (χ4n) is 1.78. The Kier molecular flexibility index (Phi) is 2.88. The lowest BCUT2D eigenvalue weighted by atomic mass is 10.0. The second kappa shape index (κ2) is 4.18. The lowest BCUT2D eigenvalue weighted by Crippen LogP contribution is -1.97. The molecule has 84 valence electrons. The summed E-state index contributed by atoms with van der Waals surface area (Å²) < 4.78 is 5.37. The van der Waals surface area contributed by atoms with Gasteiger partial charge in [-0.25, -0.2) is 0 Å². The smallest absolute Gasteiger partial charge is 0.303 e. The molecule has 0 spiro atoms. The average molecular weight is 239 g/mol. The molecule has 1 N–H and O–H groups in total. The van der Waals surface area contributed by atoms with Gasteiger partial charge >= 0.3 is 5.97 Å². The van der Waals surface area contributed by atoms with E-state index in [1.54, 1.807) is 12.3 Å². The number of halogens is 1. The summed E-state index contributed by atoms with van der Waals surface area (Å²) in [5, 5.41) is 10.1. The average Bonchev–Trinajstić information content (AvgIpc) is 2.65. The van der Waals surface area contributed by atoms with Crippen LogP contribution in [-0.4, -0.2) is 11.1 Å². The first-order valence-corrected chi connectivity index (χ1v) is 5.34. The van der Waals surface area contributed by atoms with E-state index in [1.807, 2.05) is 13.0 Å². The van der Waals surface area contributed by atoms with E-state index in [9.17, 15) is 4.79 Å². The molecule has 1 aromatic heterocycles. The van der Waals surface area contributed by atoms with Crippen molar-refractivity contribution in [1.82, 2.24) is 0 Å². The molecule has 0 aliphatic carbocycles. The summed E-state index contributed by atoms with van der Waals surface area (Å²) in [6, 6.07) is 3.69. The molecule has 1 aromatic carbocycles. The second-order valence-corrected chi connectivity index (χ2v) is 4.13. The monoisotopic (exact) mass is 238 g/mol. The highest BCUT2D eigenvalue weighted by atomic mass is 35.5. The zero-order valence-electron chi connectivity index (χ0n) is 8.79. The van der Waals surface area contributed by atoms with Crippen molar-refractivity contribution >= 4 is 28.5 Å². The van der Waals surface area contributed by atoms with Crippen molar-refractivity contribution < 1.29 is 14.3 Å². The van der Waals surface area contributed by atoms with Gasteiger partial charge < -0.3 is 9.52 Å². The van der Waals surface area contributed by atoms with Crippen molar-refractivity contribution in [1.29, 1.82) is 0 Å². The van der Waals surface area contributed by atoms with Crippen LogP contribution in [0.1, 0.15) is 17.5 Å². The minimum atomic E-state index is -0.811. The molecular formula is C12H11ClO3. The zero-order chi connectivity index (χ0) is 11.7. The van der Waals surface area contributed by atoms with Crippen molar-refractivity contribution in [2.24, 2.45) is 0 Å². The van der Waals surface area contributed by atoms with Gasteiger partial charge in [-0.05, 0) is 30.5 Å². The quantitative estimate of drug-likeness (QED) is 0.892. The molecule has 0 saturated carbocycles. The van der Waals surface area contributed by atoms with Gasteiger partial charge in [0.05, 0.1) is 11.3 Å². The third-order valence-corrected chi connectivity index (χ3v) is 2.86. The molecule has 0 radical (unpaired) electrons. The van der Waals surface area contributed by atoms with E-state index in [-0.39, 0.29) is 6.42 Å². The molecule has 2 aromatic rings. The van der Waals surface area contributed by atoms with Crippen LogP contribution in [-0.2, 0) is 11.2 Å². The largest absolute Gasteiger partial charge is 0.481 e. The molecule has 2 rings (SSSR count). The van der Waals surface area contributed by atoms with E-state index in [4.69, 9.17) is 21.1 Å². The molecular weight excluding hydrogens is 228 g/mol. The number of aliphatic carboxylic acids is 1. The van der Waals surface area contributed by atoms with Crippen LogP contribution < -0.4 is 0 Å². The Balaban J connectivity index is 2.47. The molecule has 0 aliphatic heterocycles. The van der Waals surface area contributed by atoms with Gasteiger partial charge in [0.15, 0.2) is 5.58 Å². The summed E-state index contributed by atoms with van der Waals surface area (Å²) in [7, 11) is 0. The van der Waals surface area contributed by atoms with Crippen molar-refractivity contribution in [2.75, 3.05) is 0 Å². The van der Waals surface area contributed by atoms with E-state index in [0.717, 1.165) is 16.5 Å². The van der Waals surface area contributed by atoms with Gasteiger partial charge in [0.2, 0.25) is 0 Å². The van der Waals surface area contributed by atoms with E-state index in [2.05, 4.69) is 0 Å². The lowest BCUT2D eigenvalue weighted by Gasteiger charge is -2.00. The first kappa shape index (κ1) is 11.0. The molecule has 0 unspecified atom stereocenters. The first-order valence-electron chi connectivity index (χ1n) is 4.96. The third-order valence-electron chi connectivity index (χ3n) is 2.57. The normalized spacial score (nSPS) is 10.9. The number of carboxylic acids is 1. The SMILES string of the molecule is Cc1ccc(Cl)c2occ(CCC(=O)O)c12. The standard InChI is InChI=1S/C12H11ClO3/c1-7-2-4-9(13)12-11(7)8(6-16-12)3-5-10(14)15/h2,4,6H,3,5H2,1H3,(H,14,15). The predicted molar refractivity (Wildman–Crippen MR) is 61.9 cm³/mol. The summed E-state index contributed by atoms with van der Waals surface area (Å²) in [6.07, 6.45) is 2.15. The van der Waals surface area contributed by atoms with Crippen molar-refractivity contribution in [3.8, 4) is 0 Å². The maximum Gasteiger partial charge on any atom is 0.303 e. The number of aryl methyl sites for hydroxylation is 2. The van der Waals surface area contributed by atoms with Gasteiger partial charge in [0.25, 0.3) is 0 Å². The van der Waals surface area contributed by atoms with E-state index >= 15 is 0 Å². The molecule has 3 nitrogen and oxygen atoms in total. The third kappa shape index (κ3) is 1.91. The Morgan fingerprint density at radius 3 is 2.94 bits per heavy atom. The maximum absolute atomic E-state index is 10.5. The predicted octanol–water partition coefficient (Wildman–Crippen LogP) is 3.41. The van der Waals surface area contributed by atoms with Crippen LogP contribution >= 0.6 is 11.6 Å². The van der Waals surface area contributed by atoms with Gasteiger partial charge in [0, 0.05) is 11.8 Å².